The Labute approximate surface area is 116 Å². The van der Waals surface area contributed by atoms with Crippen molar-refractivity contribution in [3.8, 4) is 5.75 Å². The average molecular weight is 273 g/mol. The van der Waals surface area contributed by atoms with Gasteiger partial charge in [0.05, 0.1) is 10.3 Å². The maximum atomic E-state index is 11.6. The number of hydrogen-bond donors (Lipinski definition) is 0. The summed E-state index contributed by atoms with van der Waals surface area (Å²) in [6.45, 7) is 3.46. The van der Waals surface area contributed by atoms with Crippen LogP contribution in [0.25, 0.3) is 10.8 Å². The van der Waals surface area contributed by atoms with Gasteiger partial charge >= 0.3 is 0 Å². The molecule has 0 aromatic heterocycles. The number of ketones is 1. The highest BCUT2D eigenvalue weighted by Gasteiger charge is 2.18. The van der Waals surface area contributed by atoms with Crippen LogP contribution in [0.2, 0.25) is 0 Å². The number of nitro groups is 1. The van der Waals surface area contributed by atoms with Crippen LogP contribution in [0, 0.1) is 10.1 Å². The Morgan fingerprint density at radius 3 is 2.50 bits per heavy atom. The van der Waals surface area contributed by atoms with E-state index in [1.807, 2.05) is 0 Å². The lowest BCUT2D eigenvalue weighted by Crippen LogP contribution is -2.22. The molecule has 0 radical (unpaired) electrons. The third-order valence-corrected chi connectivity index (χ3v) is 3.16. The van der Waals surface area contributed by atoms with Crippen LogP contribution in [0.1, 0.15) is 20.3 Å². The number of carbonyl (C=O) groups excluding carboxylic acids is 1. The lowest BCUT2D eigenvalue weighted by Gasteiger charge is -2.14. The van der Waals surface area contributed by atoms with Gasteiger partial charge in [-0.25, -0.2) is 0 Å². The SMILES string of the molecule is CCC(=O)C(C)Oc1ccc([N+](=O)[O-])c2ccccc12. The number of fused-ring (bicyclic) bond motifs is 1. The van der Waals surface area contributed by atoms with Crippen LogP contribution in [0.5, 0.6) is 5.75 Å². The molecule has 0 N–H and O–H groups in total. The molecule has 1 atom stereocenters. The first-order chi connectivity index (χ1) is 9.54. The summed E-state index contributed by atoms with van der Waals surface area (Å²) in [5.74, 6) is 0.480. The Balaban J connectivity index is 2.48. The van der Waals surface area contributed by atoms with Gasteiger partial charge in [0.2, 0.25) is 0 Å². The number of non-ortho nitro benzene ring substituents is 1. The number of hydrogen-bond acceptors (Lipinski definition) is 4. The third kappa shape index (κ3) is 2.61. The average Bonchev–Trinajstić information content (AvgIpc) is 2.46. The molecule has 0 aliphatic rings. The van der Waals surface area contributed by atoms with Gasteiger partial charge in [-0.1, -0.05) is 25.1 Å². The molecule has 104 valence electrons. The highest BCUT2D eigenvalue weighted by atomic mass is 16.6. The van der Waals surface area contributed by atoms with E-state index in [1.165, 1.54) is 6.07 Å². The van der Waals surface area contributed by atoms with Crippen LogP contribution in [0.3, 0.4) is 0 Å². The van der Waals surface area contributed by atoms with Gasteiger partial charge in [-0.2, -0.15) is 0 Å². The van der Waals surface area contributed by atoms with Crippen LogP contribution in [-0.4, -0.2) is 16.8 Å². The fourth-order valence-corrected chi connectivity index (χ4v) is 2.06. The topological polar surface area (TPSA) is 69.4 Å². The highest BCUT2D eigenvalue weighted by Crippen LogP contribution is 2.33. The molecule has 0 fully saturated rings. The fourth-order valence-electron chi connectivity index (χ4n) is 2.06. The number of ether oxygens (including phenoxy) is 1. The van der Waals surface area contributed by atoms with Gasteiger partial charge in [-0.3, -0.25) is 14.9 Å². The summed E-state index contributed by atoms with van der Waals surface area (Å²) < 4.78 is 5.64. The monoisotopic (exact) mass is 273 g/mol. The number of rotatable bonds is 5. The summed E-state index contributed by atoms with van der Waals surface area (Å²) in [4.78, 5) is 22.2. The second-order valence-electron chi connectivity index (χ2n) is 4.47. The van der Waals surface area contributed by atoms with Crippen molar-refractivity contribution in [2.75, 3.05) is 0 Å². The lowest BCUT2D eigenvalue weighted by molar-refractivity contribution is -0.383. The smallest absolute Gasteiger partial charge is 0.277 e. The van der Waals surface area contributed by atoms with E-state index in [0.29, 0.717) is 22.9 Å². The molecular weight excluding hydrogens is 258 g/mol. The van der Waals surface area contributed by atoms with Crippen molar-refractivity contribution < 1.29 is 14.5 Å². The van der Waals surface area contributed by atoms with Crippen molar-refractivity contribution in [3.63, 3.8) is 0 Å². The molecule has 0 saturated heterocycles. The molecule has 2 aromatic rings. The van der Waals surface area contributed by atoms with Gasteiger partial charge < -0.3 is 4.74 Å². The minimum Gasteiger partial charge on any atom is -0.482 e. The molecule has 0 heterocycles. The van der Waals surface area contributed by atoms with E-state index in [4.69, 9.17) is 4.74 Å². The molecule has 0 bridgehead atoms. The summed E-state index contributed by atoms with van der Waals surface area (Å²) in [5, 5.41) is 12.2. The summed E-state index contributed by atoms with van der Waals surface area (Å²) in [5.41, 5.74) is 0.0300. The van der Waals surface area contributed by atoms with Gasteiger partial charge in [0.15, 0.2) is 11.9 Å². The lowest BCUT2D eigenvalue weighted by atomic mass is 10.1. The Hall–Kier alpha value is -2.43. The summed E-state index contributed by atoms with van der Waals surface area (Å²) in [6.07, 6.45) is -0.170. The molecule has 0 aliphatic heterocycles. The first-order valence-corrected chi connectivity index (χ1v) is 6.40. The Morgan fingerprint density at radius 1 is 1.25 bits per heavy atom. The van der Waals surface area contributed by atoms with Crippen LogP contribution < -0.4 is 4.74 Å². The molecule has 2 rings (SSSR count). The Bertz CT molecular complexity index is 666. The van der Waals surface area contributed by atoms with E-state index in [1.54, 1.807) is 44.2 Å². The number of carbonyl (C=O) groups is 1. The molecule has 2 aromatic carbocycles. The Kier molecular flexibility index (Phi) is 3.98. The summed E-state index contributed by atoms with van der Waals surface area (Å²) in [7, 11) is 0. The predicted molar refractivity (Wildman–Crippen MR) is 76.0 cm³/mol. The predicted octanol–water partition coefficient (Wildman–Crippen LogP) is 3.49. The van der Waals surface area contributed by atoms with Gasteiger partial charge in [0.1, 0.15) is 5.75 Å². The van der Waals surface area contributed by atoms with Gasteiger partial charge in [-0.05, 0) is 19.1 Å². The number of nitrogens with zero attached hydrogens (tertiary/aromatic N) is 1. The standard InChI is InChI=1S/C15H15NO4/c1-3-14(17)10(2)20-15-9-8-13(16(18)19)11-6-4-5-7-12(11)15/h4-10H,3H2,1-2H3. The van der Waals surface area contributed by atoms with Crippen molar-refractivity contribution in [1.29, 1.82) is 0 Å². The molecule has 0 amide bonds. The molecular formula is C15H15NO4. The quantitative estimate of drug-likeness (QED) is 0.617. The zero-order valence-corrected chi connectivity index (χ0v) is 11.3. The maximum absolute atomic E-state index is 11.6. The van der Waals surface area contributed by atoms with Gasteiger partial charge in [0, 0.05) is 17.9 Å². The van der Waals surface area contributed by atoms with Gasteiger partial charge in [-0.15, -0.1) is 0 Å². The highest BCUT2D eigenvalue weighted by molar-refractivity contribution is 5.95. The largest absolute Gasteiger partial charge is 0.482 e. The van der Waals surface area contributed by atoms with E-state index in [9.17, 15) is 14.9 Å². The third-order valence-electron chi connectivity index (χ3n) is 3.16. The van der Waals surface area contributed by atoms with Crippen molar-refractivity contribution in [1.82, 2.24) is 0 Å². The minimum absolute atomic E-state index is 0.00701. The zero-order valence-electron chi connectivity index (χ0n) is 11.3. The minimum atomic E-state index is -0.565. The van der Waals surface area contributed by atoms with Crippen LogP contribution in [-0.2, 0) is 4.79 Å². The van der Waals surface area contributed by atoms with Crippen molar-refractivity contribution >= 4 is 22.2 Å². The molecule has 0 aliphatic carbocycles. The van der Waals surface area contributed by atoms with Crippen LogP contribution in [0.4, 0.5) is 5.69 Å². The second-order valence-corrected chi connectivity index (χ2v) is 4.47. The number of nitro benzene ring substituents is 1. The van der Waals surface area contributed by atoms with E-state index in [0.717, 1.165) is 0 Å². The van der Waals surface area contributed by atoms with E-state index in [-0.39, 0.29) is 11.5 Å². The molecule has 0 saturated carbocycles. The molecule has 5 heteroatoms. The first kappa shape index (κ1) is 14.0. The normalized spacial score (nSPS) is 12.1. The molecule has 5 nitrogen and oxygen atoms in total. The zero-order chi connectivity index (χ0) is 14.7. The van der Waals surface area contributed by atoms with Crippen molar-refractivity contribution in [2.45, 2.75) is 26.4 Å². The summed E-state index contributed by atoms with van der Waals surface area (Å²) in [6, 6.07) is 9.89. The second kappa shape index (κ2) is 5.69. The van der Waals surface area contributed by atoms with Crippen LogP contribution in [0.15, 0.2) is 36.4 Å². The molecule has 20 heavy (non-hydrogen) atoms. The Morgan fingerprint density at radius 2 is 1.90 bits per heavy atom. The van der Waals surface area contributed by atoms with Gasteiger partial charge in [0.25, 0.3) is 5.69 Å². The summed E-state index contributed by atoms with van der Waals surface area (Å²) >= 11 is 0. The molecule has 1 unspecified atom stereocenters. The van der Waals surface area contributed by atoms with Crippen molar-refractivity contribution in [3.05, 3.63) is 46.5 Å². The first-order valence-electron chi connectivity index (χ1n) is 6.40. The fraction of sp³-hybridized carbons (Fsp3) is 0.267. The molecule has 0 spiro atoms. The van der Waals surface area contributed by atoms with E-state index < -0.39 is 11.0 Å². The van der Waals surface area contributed by atoms with E-state index >= 15 is 0 Å². The number of benzene rings is 2. The van der Waals surface area contributed by atoms with E-state index in [2.05, 4.69) is 0 Å². The van der Waals surface area contributed by atoms with Crippen molar-refractivity contribution in [2.24, 2.45) is 0 Å². The maximum Gasteiger partial charge on any atom is 0.277 e. The van der Waals surface area contributed by atoms with Crippen LogP contribution >= 0.6 is 0 Å². The number of Topliss-reactive ketones (excluding diaryl/α,β-unsaturated/α-hetero) is 1.